The number of rotatable bonds is 5. The molecule has 2 aromatic rings. The molecule has 1 heterocycles. The van der Waals surface area contributed by atoms with Gasteiger partial charge >= 0.3 is 0 Å². The molecule has 0 saturated heterocycles. The standard InChI is InChI=1S/C18H21Cl2N5.C11H19N/c19-15-2-1-3-16(17(15)20)25-18(22-23-24-25)21-9-14-12-5-10-4-11(7-12)8-13(14)6-10;12-7-11-4-8-1-9(5-11)3-10(2-8)6-11/h1-3,10-14H,4-9H2,(H,21,22,24);8-10H,1-7,12H2. The third-order valence-corrected chi connectivity index (χ3v) is 12.0. The van der Waals surface area contributed by atoms with Crippen LogP contribution in [0.3, 0.4) is 0 Å². The zero-order valence-corrected chi connectivity index (χ0v) is 23.2. The molecule has 1 aromatic carbocycles. The van der Waals surface area contributed by atoms with Gasteiger partial charge in [-0.1, -0.05) is 34.4 Å². The Morgan fingerprint density at radius 3 is 2.05 bits per heavy atom. The third kappa shape index (κ3) is 4.59. The molecule has 0 aliphatic heterocycles. The molecule has 0 spiro atoms. The summed E-state index contributed by atoms with van der Waals surface area (Å²) in [5.74, 6) is 8.33. The SMILES string of the molecule is Clc1cccc(-n2nnnc2NCC2C3CC4CC(C3)CC2C4)c1Cl.NCC12CC3CC(CC(C3)C1)C2. The lowest BCUT2D eigenvalue weighted by Crippen LogP contribution is -2.49. The van der Waals surface area contributed by atoms with Gasteiger partial charge in [0.15, 0.2) is 0 Å². The molecule has 8 bridgehead atoms. The number of hydrogen-bond donors (Lipinski definition) is 2. The Kier molecular flexibility index (Phi) is 6.45. The highest BCUT2D eigenvalue weighted by molar-refractivity contribution is 6.43. The Bertz CT molecular complexity index is 1070. The van der Waals surface area contributed by atoms with Crippen molar-refractivity contribution in [3.8, 4) is 5.69 Å². The van der Waals surface area contributed by atoms with Crippen molar-refractivity contribution in [2.24, 2.45) is 58.5 Å². The molecular weight excluding hydrogens is 503 g/mol. The molecule has 8 aliphatic rings. The predicted octanol–water partition coefficient (Wildman–Crippen LogP) is 6.61. The summed E-state index contributed by atoms with van der Waals surface area (Å²) in [4.78, 5) is 0. The van der Waals surface area contributed by atoms with Gasteiger partial charge in [-0.15, -0.1) is 0 Å². The quantitative estimate of drug-likeness (QED) is 0.443. The fraction of sp³-hybridized carbons (Fsp3) is 0.759. The molecule has 0 amide bonds. The minimum atomic E-state index is 0.467. The molecule has 10 rings (SSSR count). The van der Waals surface area contributed by atoms with Crippen LogP contribution in [-0.4, -0.2) is 33.3 Å². The molecule has 1 aromatic heterocycles. The third-order valence-electron chi connectivity index (χ3n) is 11.1. The van der Waals surface area contributed by atoms with Gasteiger partial charge in [0.25, 0.3) is 0 Å². The number of hydrogen-bond acceptors (Lipinski definition) is 5. The fourth-order valence-corrected chi connectivity index (χ4v) is 10.6. The molecule has 6 nitrogen and oxygen atoms in total. The van der Waals surface area contributed by atoms with Crippen molar-refractivity contribution in [2.75, 3.05) is 18.4 Å². The number of halogens is 2. The molecule has 3 N–H and O–H groups in total. The number of tetrazole rings is 1. The molecule has 8 fully saturated rings. The van der Waals surface area contributed by atoms with Gasteiger partial charge in [0.1, 0.15) is 0 Å². The van der Waals surface area contributed by atoms with Crippen LogP contribution in [0.2, 0.25) is 10.0 Å². The van der Waals surface area contributed by atoms with E-state index >= 15 is 0 Å². The average molecular weight is 544 g/mol. The van der Waals surface area contributed by atoms with Gasteiger partial charge in [0, 0.05) is 6.54 Å². The molecule has 37 heavy (non-hydrogen) atoms. The second kappa shape index (κ2) is 9.67. The highest BCUT2D eigenvalue weighted by atomic mass is 35.5. The summed E-state index contributed by atoms with van der Waals surface area (Å²) in [7, 11) is 0. The normalized spacial score (nSPS) is 40.5. The van der Waals surface area contributed by atoms with E-state index in [2.05, 4.69) is 20.8 Å². The van der Waals surface area contributed by atoms with E-state index in [1.54, 1.807) is 10.7 Å². The number of nitrogens with two attached hydrogens (primary N) is 1. The summed E-state index contributed by atoms with van der Waals surface area (Å²) in [5.41, 5.74) is 7.25. The minimum absolute atomic E-state index is 0.467. The van der Waals surface area contributed by atoms with E-state index in [1.807, 2.05) is 12.1 Å². The van der Waals surface area contributed by atoms with Gasteiger partial charge in [-0.3, -0.25) is 0 Å². The highest BCUT2D eigenvalue weighted by Crippen LogP contribution is 2.59. The Balaban J connectivity index is 0.000000160. The van der Waals surface area contributed by atoms with E-state index in [-0.39, 0.29) is 0 Å². The first-order valence-corrected chi connectivity index (χ1v) is 15.4. The van der Waals surface area contributed by atoms with E-state index < -0.39 is 0 Å². The lowest BCUT2D eigenvalue weighted by Gasteiger charge is -2.56. The van der Waals surface area contributed by atoms with Crippen LogP contribution in [0.4, 0.5) is 5.95 Å². The first kappa shape index (κ1) is 24.7. The Hall–Kier alpha value is -1.37. The number of benzene rings is 1. The maximum atomic E-state index is 6.33. The molecule has 0 atom stereocenters. The lowest BCUT2D eigenvalue weighted by atomic mass is 9.50. The molecule has 0 radical (unpaired) electrons. The number of anilines is 1. The molecule has 0 unspecified atom stereocenters. The van der Waals surface area contributed by atoms with Crippen LogP contribution in [0.15, 0.2) is 18.2 Å². The zero-order chi connectivity index (χ0) is 25.1. The van der Waals surface area contributed by atoms with Crippen molar-refractivity contribution in [2.45, 2.75) is 70.6 Å². The van der Waals surface area contributed by atoms with Crippen LogP contribution >= 0.6 is 23.2 Å². The fourth-order valence-electron chi connectivity index (χ4n) is 10.2. The molecule has 200 valence electrons. The number of aromatic nitrogens is 4. The first-order chi connectivity index (χ1) is 18.0. The van der Waals surface area contributed by atoms with Crippen molar-refractivity contribution < 1.29 is 0 Å². The van der Waals surface area contributed by atoms with Crippen LogP contribution < -0.4 is 11.1 Å². The van der Waals surface area contributed by atoms with Gasteiger partial charge in [-0.25, -0.2) is 0 Å². The minimum Gasteiger partial charge on any atom is -0.352 e. The summed E-state index contributed by atoms with van der Waals surface area (Å²) in [5, 5.41) is 16.5. The topological polar surface area (TPSA) is 81.7 Å². The van der Waals surface area contributed by atoms with Crippen LogP contribution in [0.25, 0.3) is 5.69 Å². The van der Waals surface area contributed by atoms with Gasteiger partial charge in [0.05, 0.1) is 15.7 Å². The van der Waals surface area contributed by atoms with Crippen molar-refractivity contribution in [1.29, 1.82) is 0 Å². The Morgan fingerprint density at radius 2 is 1.46 bits per heavy atom. The molecular formula is C29H40Cl2N6. The summed E-state index contributed by atoms with van der Waals surface area (Å²) in [6.07, 6.45) is 16.2. The molecule has 8 saturated carbocycles. The van der Waals surface area contributed by atoms with Crippen LogP contribution in [-0.2, 0) is 0 Å². The van der Waals surface area contributed by atoms with E-state index in [1.165, 1.54) is 70.6 Å². The maximum absolute atomic E-state index is 6.33. The van der Waals surface area contributed by atoms with E-state index in [0.717, 1.165) is 60.4 Å². The summed E-state index contributed by atoms with van der Waals surface area (Å²) >= 11 is 12.5. The zero-order valence-electron chi connectivity index (χ0n) is 21.7. The van der Waals surface area contributed by atoms with Crippen LogP contribution in [0.5, 0.6) is 0 Å². The van der Waals surface area contributed by atoms with Crippen LogP contribution in [0, 0.1) is 52.8 Å². The summed E-state index contributed by atoms with van der Waals surface area (Å²) in [6.45, 7) is 1.91. The van der Waals surface area contributed by atoms with Gasteiger partial charge in [0.2, 0.25) is 5.95 Å². The van der Waals surface area contributed by atoms with Crippen molar-refractivity contribution in [1.82, 2.24) is 20.2 Å². The Labute approximate surface area is 230 Å². The van der Waals surface area contributed by atoms with E-state index in [0.29, 0.717) is 27.1 Å². The Morgan fingerprint density at radius 1 is 0.865 bits per heavy atom. The van der Waals surface area contributed by atoms with Crippen molar-refractivity contribution in [3.63, 3.8) is 0 Å². The average Bonchev–Trinajstić information content (AvgIpc) is 3.33. The first-order valence-electron chi connectivity index (χ1n) is 14.7. The number of nitrogens with zero attached hydrogens (tertiary/aromatic N) is 4. The van der Waals surface area contributed by atoms with E-state index in [4.69, 9.17) is 28.9 Å². The van der Waals surface area contributed by atoms with Gasteiger partial charge < -0.3 is 11.1 Å². The maximum Gasteiger partial charge on any atom is 0.247 e. The van der Waals surface area contributed by atoms with Gasteiger partial charge in [-0.05, 0) is 152 Å². The van der Waals surface area contributed by atoms with Gasteiger partial charge in [-0.2, -0.15) is 4.68 Å². The largest absolute Gasteiger partial charge is 0.352 e. The smallest absolute Gasteiger partial charge is 0.247 e. The highest BCUT2D eigenvalue weighted by Gasteiger charge is 2.50. The molecule has 8 aliphatic carbocycles. The van der Waals surface area contributed by atoms with Crippen LogP contribution in [0.1, 0.15) is 70.6 Å². The lowest BCUT2D eigenvalue weighted by molar-refractivity contribution is -0.0468. The summed E-state index contributed by atoms with van der Waals surface area (Å²) < 4.78 is 1.64. The predicted molar refractivity (Wildman–Crippen MR) is 148 cm³/mol. The number of nitrogens with one attached hydrogen (secondary N) is 1. The second-order valence-electron chi connectivity index (χ2n) is 13.6. The van der Waals surface area contributed by atoms with Crippen molar-refractivity contribution >= 4 is 29.2 Å². The molecule has 8 heteroatoms. The second-order valence-corrected chi connectivity index (χ2v) is 14.4. The van der Waals surface area contributed by atoms with E-state index in [9.17, 15) is 0 Å². The summed E-state index contributed by atoms with van der Waals surface area (Å²) in [6, 6.07) is 5.49. The van der Waals surface area contributed by atoms with Crippen molar-refractivity contribution in [3.05, 3.63) is 28.2 Å². The monoisotopic (exact) mass is 542 g/mol.